The molecular formula is C18H34N2. The fourth-order valence-electron chi connectivity index (χ4n) is 5.28. The Bertz CT molecular complexity index is 296. The highest BCUT2D eigenvalue weighted by Crippen LogP contribution is 2.49. The van der Waals surface area contributed by atoms with Crippen LogP contribution in [0.2, 0.25) is 0 Å². The summed E-state index contributed by atoms with van der Waals surface area (Å²) in [5.41, 5.74) is 0. The highest BCUT2D eigenvalue weighted by Gasteiger charge is 2.41. The maximum Gasteiger partial charge on any atom is 0.00817 e. The Labute approximate surface area is 125 Å². The SMILES string of the molecule is CC(CC1CCCCCN1)NC(C)C1CC2CCC1C2. The zero-order chi connectivity index (χ0) is 13.9. The third-order valence-corrected chi connectivity index (χ3v) is 6.28. The molecule has 2 bridgehead atoms. The van der Waals surface area contributed by atoms with Crippen molar-refractivity contribution in [3.8, 4) is 0 Å². The summed E-state index contributed by atoms with van der Waals surface area (Å²) in [6.07, 6.45) is 13.0. The predicted molar refractivity (Wildman–Crippen MR) is 85.9 cm³/mol. The predicted octanol–water partition coefficient (Wildman–Crippen LogP) is 3.71. The molecule has 2 nitrogen and oxygen atoms in total. The normalized spacial score (nSPS) is 40.5. The zero-order valence-electron chi connectivity index (χ0n) is 13.5. The van der Waals surface area contributed by atoms with Crippen molar-refractivity contribution in [2.24, 2.45) is 17.8 Å². The summed E-state index contributed by atoms with van der Waals surface area (Å²) in [6.45, 7) is 6.08. The average molecular weight is 278 g/mol. The van der Waals surface area contributed by atoms with Crippen LogP contribution >= 0.6 is 0 Å². The Morgan fingerprint density at radius 1 is 1.05 bits per heavy atom. The van der Waals surface area contributed by atoms with Crippen LogP contribution in [0.4, 0.5) is 0 Å². The molecule has 0 spiro atoms. The maximum atomic E-state index is 3.93. The summed E-state index contributed by atoms with van der Waals surface area (Å²) in [5.74, 6) is 3.09. The largest absolute Gasteiger partial charge is 0.314 e. The Hall–Kier alpha value is -0.0800. The topological polar surface area (TPSA) is 24.1 Å². The molecule has 0 radical (unpaired) electrons. The Balaban J connectivity index is 1.42. The van der Waals surface area contributed by atoms with Crippen molar-refractivity contribution in [2.45, 2.75) is 89.8 Å². The minimum absolute atomic E-state index is 0.666. The third kappa shape index (κ3) is 3.57. The monoisotopic (exact) mass is 278 g/mol. The molecule has 2 aliphatic carbocycles. The molecule has 3 aliphatic rings. The van der Waals surface area contributed by atoms with E-state index in [0.29, 0.717) is 6.04 Å². The van der Waals surface area contributed by atoms with Gasteiger partial charge in [-0.3, -0.25) is 0 Å². The standard InChI is InChI=1S/C18H34N2/c1-13(10-17-6-4-3-5-9-19-17)20-14(2)18-12-15-7-8-16(18)11-15/h13-20H,3-12H2,1-2H3. The quantitative estimate of drug-likeness (QED) is 0.801. The van der Waals surface area contributed by atoms with Crippen molar-refractivity contribution in [3.05, 3.63) is 0 Å². The fourth-order valence-corrected chi connectivity index (χ4v) is 5.28. The van der Waals surface area contributed by atoms with Gasteiger partial charge >= 0.3 is 0 Å². The first-order valence-electron chi connectivity index (χ1n) is 9.22. The van der Waals surface area contributed by atoms with Crippen molar-refractivity contribution < 1.29 is 0 Å². The van der Waals surface area contributed by atoms with E-state index in [-0.39, 0.29) is 0 Å². The van der Waals surface area contributed by atoms with E-state index in [4.69, 9.17) is 0 Å². The van der Waals surface area contributed by atoms with E-state index >= 15 is 0 Å². The lowest BCUT2D eigenvalue weighted by Gasteiger charge is -2.32. The van der Waals surface area contributed by atoms with E-state index in [9.17, 15) is 0 Å². The minimum atomic E-state index is 0.666. The van der Waals surface area contributed by atoms with Crippen LogP contribution < -0.4 is 10.6 Å². The van der Waals surface area contributed by atoms with Crippen LogP contribution in [0.15, 0.2) is 0 Å². The lowest BCUT2D eigenvalue weighted by Crippen LogP contribution is -2.44. The smallest absolute Gasteiger partial charge is 0.00817 e. The van der Waals surface area contributed by atoms with E-state index in [1.807, 2.05) is 0 Å². The first-order chi connectivity index (χ1) is 9.72. The van der Waals surface area contributed by atoms with Gasteiger partial charge < -0.3 is 10.6 Å². The molecule has 0 aromatic rings. The molecule has 1 saturated heterocycles. The second-order valence-corrected chi connectivity index (χ2v) is 7.93. The number of hydrogen-bond acceptors (Lipinski definition) is 2. The van der Waals surface area contributed by atoms with Gasteiger partial charge in [0, 0.05) is 18.1 Å². The maximum absolute atomic E-state index is 3.93. The molecule has 0 aromatic heterocycles. The molecule has 116 valence electrons. The molecule has 0 amide bonds. The van der Waals surface area contributed by atoms with E-state index < -0.39 is 0 Å². The molecular weight excluding hydrogens is 244 g/mol. The van der Waals surface area contributed by atoms with Crippen LogP contribution in [0.3, 0.4) is 0 Å². The van der Waals surface area contributed by atoms with Crippen molar-refractivity contribution in [2.75, 3.05) is 6.54 Å². The van der Waals surface area contributed by atoms with E-state index in [1.54, 1.807) is 0 Å². The first kappa shape index (κ1) is 14.8. The lowest BCUT2D eigenvalue weighted by molar-refractivity contribution is 0.239. The number of hydrogen-bond donors (Lipinski definition) is 2. The van der Waals surface area contributed by atoms with E-state index in [2.05, 4.69) is 24.5 Å². The lowest BCUT2D eigenvalue weighted by atomic mass is 9.83. The van der Waals surface area contributed by atoms with Gasteiger partial charge in [0.2, 0.25) is 0 Å². The Morgan fingerprint density at radius 2 is 1.95 bits per heavy atom. The Kier molecular flexibility index (Phi) is 5.04. The third-order valence-electron chi connectivity index (χ3n) is 6.28. The zero-order valence-corrected chi connectivity index (χ0v) is 13.5. The molecule has 2 heteroatoms. The average Bonchev–Trinajstić information content (AvgIpc) is 2.96. The molecule has 2 saturated carbocycles. The van der Waals surface area contributed by atoms with Crippen molar-refractivity contribution in [1.82, 2.24) is 10.6 Å². The fraction of sp³-hybridized carbons (Fsp3) is 1.00. The van der Waals surface area contributed by atoms with Gasteiger partial charge in [0.25, 0.3) is 0 Å². The summed E-state index contributed by atoms with van der Waals surface area (Å²) in [6, 6.07) is 2.15. The van der Waals surface area contributed by atoms with Crippen molar-refractivity contribution in [1.29, 1.82) is 0 Å². The molecule has 3 rings (SSSR count). The molecule has 1 heterocycles. The molecule has 0 aromatic carbocycles. The molecule has 6 atom stereocenters. The first-order valence-corrected chi connectivity index (χ1v) is 9.22. The molecule has 1 aliphatic heterocycles. The summed E-state index contributed by atoms with van der Waals surface area (Å²) in [5, 5.41) is 7.68. The van der Waals surface area contributed by atoms with Crippen LogP contribution in [-0.2, 0) is 0 Å². The van der Waals surface area contributed by atoms with Crippen LogP contribution in [0.5, 0.6) is 0 Å². The second-order valence-electron chi connectivity index (χ2n) is 7.93. The summed E-state index contributed by atoms with van der Waals surface area (Å²) < 4.78 is 0. The van der Waals surface area contributed by atoms with Crippen LogP contribution in [0, 0.1) is 17.8 Å². The van der Waals surface area contributed by atoms with Crippen molar-refractivity contribution >= 4 is 0 Å². The number of fused-ring (bicyclic) bond motifs is 2. The van der Waals surface area contributed by atoms with Crippen LogP contribution in [-0.4, -0.2) is 24.7 Å². The van der Waals surface area contributed by atoms with Gasteiger partial charge in [-0.2, -0.15) is 0 Å². The van der Waals surface area contributed by atoms with Gasteiger partial charge in [-0.1, -0.05) is 19.3 Å². The highest BCUT2D eigenvalue weighted by molar-refractivity contribution is 4.94. The van der Waals surface area contributed by atoms with Gasteiger partial charge in [-0.25, -0.2) is 0 Å². The van der Waals surface area contributed by atoms with Gasteiger partial charge in [0.15, 0.2) is 0 Å². The Morgan fingerprint density at radius 3 is 2.70 bits per heavy atom. The summed E-state index contributed by atoms with van der Waals surface area (Å²) in [4.78, 5) is 0. The summed E-state index contributed by atoms with van der Waals surface area (Å²) in [7, 11) is 0. The molecule has 3 fully saturated rings. The van der Waals surface area contributed by atoms with E-state index in [0.717, 1.165) is 29.8 Å². The summed E-state index contributed by atoms with van der Waals surface area (Å²) >= 11 is 0. The second kappa shape index (κ2) is 6.79. The molecule has 2 N–H and O–H groups in total. The van der Waals surface area contributed by atoms with Crippen LogP contribution in [0.25, 0.3) is 0 Å². The van der Waals surface area contributed by atoms with E-state index in [1.165, 1.54) is 64.3 Å². The number of nitrogens with one attached hydrogen (secondary N) is 2. The van der Waals surface area contributed by atoms with Gasteiger partial charge in [0.1, 0.15) is 0 Å². The van der Waals surface area contributed by atoms with Gasteiger partial charge in [-0.15, -0.1) is 0 Å². The van der Waals surface area contributed by atoms with Crippen molar-refractivity contribution in [3.63, 3.8) is 0 Å². The van der Waals surface area contributed by atoms with Gasteiger partial charge in [0.05, 0.1) is 0 Å². The highest BCUT2D eigenvalue weighted by atomic mass is 15.0. The minimum Gasteiger partial charge on any atom is -0.314 e. The van der Waals surface area contributed by atoms with Gasteiger partial charge in [-0.05, 0) is 76.7 Å². The molecule has 20 heavy (non-hydrogen) atoms. The molecule has 6 unspecified atom stereocenters. The van der Waals surface area contributed by atoms with Crippen LogP contribution in [0.1, 0.15) is 71.6 Å². The number of rotatable bonds is 5.